The molecular formula is C18H22O5. The number of carbonyl (C=O) groups excluding carboxylic acids is 2. The van der Waals surface area contributed by atoms with E-state index in [1.54, 1.807) is 6.92 Å². The Morgan fingerprint density at radius 3 is 2.39 bits per heavy atom. The zero-order chi connectivity index (χ0) is 17.0. The van der Waals surface area contributed by atoms with Crippen LogP contribution in [-0.2, 0) is 31.9 Å². The molecule has 0 unspecified atom stereocenters. The maximum absolute atomic E-state index is 12.2. The molecule has 0 amide bonds. The Labute approximate surface area is 135 Å². The first-order chi connectivity index (χ1) is 10.8. The minimum absolute atomic E-state index is 0.0449. The van der Waals surface area contributed by atoms with Gasteiger partial charge in [-0.05, 0) is 25.0 Å². The van der Waals surface area contributed by atoms with Crippen LogP contribution < -0.4 is 0 Å². The number of carbonyl (C=O) groups is 2. The van der Waals surface area contributed by atoms with Gasteiger partial charge in [0.15, 0.2) is 5.60 Å². The van der Waals surface area contributed by atoms with Gasteiger partial charge in [-0.3, -0.25) is 0 Å². The van der Waals surface area contributed by atoms with Crippen LogP contribution in [0.25, 0.3) is 0 Å². The van der Waals surface area contributed by atoms with Crippen LogP contribution in [0, 0.1) is 0 Å². The maximum atomic E-state index is 12.2. The van der Waals surface area contributed by atoms with Crippen LogP contribution >= 0.6 is 0 Å². The van der Waals surface area contributed by atoms with Crippen LogP contribution in [0.5, 0.6) is 0 Å². The van der Waals surface area contributed by atoms with Gasteiger partial charge >= 0.3 is 11.9 Å². The van der Waals surface area contributed by atoms with Gasteiger partial charge in [0, 0.05) is 24.8 Å². The highest BCUT2D eigenvalue weighted by molar-refractivity contribution is 5.90. The highest BCUT2D eigenvalue weighted by Crippen LogP contribution is 2.26. The summed E-state index contributed by atoms with van der Waals surface area (Å²) >= 11 is 0. The van der Waals surface area contributed by atoms with Gasteiger partial charge in [0.05, 0.1) is 6.61 Å². The first-order valence-electron chi connectivity index (χ1n) is 7.68. The predicted octanol–water partition coefficient (Wildman–Crippen LogP) is 1.96. The number of fused-ring (bicyclic) bond motifs is 1. The third-order valence-electron chi connectivity index (χ3n) is 3.85. The second kappa shape index (κ2) is 6.96. The Morgan fingerprint density at radius 1 is 1.30 bits per heavy atom. The summed E-state index contributed by atoms with van der Waals surface area (Å²) in [5.41, 5.74) is 0.545. The zero-order valence-corrected chi connectivity index (χ0v) is 13.5. The topological polar surface area (TPSA) is 72.8 Å². The molecule has 124 valence electrons. The van der Waals surface area contributed by atoms with Crippen LogP contribution in [0.15, 0.2) is 36.4 Å². The van der Waals surface area contributed by atoms with E-state index in [0.717, 1.165) is 11.1 Å². The molecule has 1 aromatic rings. The molecule has 0 bridgehead atoms. The number of rotatable bonds is 6. The Kier molecular flexibility index (Phi) is 5.21. The summed E-state index contributed by atoms with van der Waals surface area (Å²) in [6.07, 6.45) is 0.764. The fourth-order valence-electron chi connectivity index (χ4n) is 2.67. The van der Waals surface area contributed by atoms with Gasteiger partial charge < -0.3 is 14.6 Å². The lowest BCUT2D eigenvalue weighted by atomic mass is 9.97. The quantitative estimate of drug-likeness (QED) is 0.641. The predicted molar refractivity (Wildman–Crippen MR) is 84.7 cm³/mol. The molecule has 0 spiro atoms. The summed E-state index contributed by atoms with van der Waals surface area (Å²) in [7, 11) is 0. The van der Waals surface area contributed by atoms with Gasteiger partial charge in [0.1, 0.15) is 6.10 Å². The average Bonchev–Trinajstić information content (AvgIpc) is 2.89. The molecule has 0 radical (unpaired) electrons. The second-order valence-electron chi connectivity index (χ2n) is 5.98. The SMILES string of the molecule is C=C(C[C@@](C)(O)C(=O)OC1Cc2ccccc2C1)C(=O)OCC. The number of hydrogen-bond acceptors (Lipinski definition) is 5. The summed E-state index contributed by atoms with van der Waals surface area (Å²) in [6.45, 7) is 6.77. The molecule has 5 nitrogen and oxygen atoms in total. The van der Waals surface area contributed by atoms with E-state index in [1.165, 1.54) is 6.92 Å². The van der Waals surface area contributed by atoms with Gasteiger partial charge in [-0.25, -0.2) is 9.59 Å². The standard InChI is InChI=1S/C18H22O5/c1-4-22-16(19)12(2)11-18(3,21)17(20)23-15-9-13-7-5-6-8-14(13)10-15/h5-8,15,21H,2,4,9-11H2,1,3H3/t18-/m1/s1. The number of hydrogen-bond donors (Lipinski definition) is 1. The molecule has 0 fully saturated rings. The summed E-state index contributed by atoms with van der Waals surface area (Å²) in [6, 6.07) is 7.90. The molecule has 1 aliphatic rings. The highest BCUT2D eigenvalue weighted by atomic mass is 16.6. The largest absolute Gasteiger partial charge is 0.463 e. The third kappa shape index (κ3) is 4.20. The van der Waals surface area contributed by atoms with Crippen molar-refractivity contribution in [3.63, 3.8) is 0 Å². The van der Waals surface area contributed by atoms with Crippen molar-refractivity contribution >= 4 is 11.9 Å². The molecule has 1 atom stereocenters. The molecule has 1 aliphatic carbocycles. The molecule has 1 aromatic carbocycles. The van der Waals surface area contributed by atoms with E-state index in [9.17, 15) is 14.7 Å². The molecule has 1 N–H and O–H groups in total. The maximum Gasteiger partial charge on any atom is 0.338 e. The van der Waals surface area contributed by atoms with Crippen LogP contribution in [-0.4, -0.2) is 35.4 Å². The van der Waals surface area contributed by atoms with Crippen molar-refractivity contribution in [2.75, 3.05) is 6.61 Å². The van der Waals surface area contributed by atoms with Crippen LogP contribution in [0.3, 0.4) is 0 Å². The lowest BCUT2D eigenvalue weighted by molar-refractivity contribution is -0.169. The first kappa shape index (κ1) is 17.2. The Morgan fingerprint density at radius 2 is 1.87 bits per heavy atom. The molecule has 23 heavy (non-hydrogen) atoms. The smallest absolute Gasteiger partial charge is 0.338 e. The molecular weight excluding hydrogens is 296 g/mol. The molecule has 0 aromatic heterocycles. The van der Waals surface area contributed by atoms with E-state index >= 15 is 0 Å². The zero-order valence-electron chi connectivity index (χ0n) is 13.5. The second-order valence-corrected chi connectivity index (χ2v) is 5.98. The lowest BCUT2D eigenvalue weighted by Gasteiger charge is -2.24. The van der Waals surface area contributed by atoms with E-state index in [1.807, 2.05) is 24.3 Å². The normalized spacial score (nSPS) is 16.3. The number of esters is 2. The Balaban J connectivity index is 1.92. The van der Waals surface area contributed by atoms with Gasteiger partial charge in [-0.15, -0.1) is 0 Å². The Hall–Kier alpha value is -2.14. The van der Waals surface area contributed by atoms with E-state index in [2.05, 4.69) is 6.58 Å². The van der Waals surface area contributed by atoms with Gasteiger partial charge in [0.2, 0.25) is 0 Å². The van der Waals surface area contributed by atoms with Gasteiger partial charge in [0.25, 0.3) is 0 Å². The lowest BCUT2D eigenvalue weighted by Crippen LogP contribution is -2.40. The van der Waals surface area contributed by atoms with Crippen molar-refractivity contribution in [2.45, 2.75) is 44.8 Å². The van der Waals surface area contributed by atoms with Gasteiger partial charge in [-0.1, -0.05) is 30.8 Å². The van der Waals surface area contributed by atoms with E-state index in [4.69, 9.17) is 9.47 Å². The first-order valence-corrected chi connectivity index (χ1v) is 7.68. The van der Waals surface area contributed by atoms with Crippen LogP contribution in [0.4, 0.5) is 0 Å². The summed E-state index contributed by atoms with van der Waals surface area (Å²) in [5.74, 6) is -1.37. The monoisotopic (exact) mass is 318 g/mol. The van der Waals surface area contributed by atoms with Crippen molar-refractivity contribution in [3.05, 3.63) is 47.5 Å². The molecule has 0 heterocycles. The van der Waals surface area contributed by atoms with Crippen molar-refractivity contribution in [1.82, 2.24) is 0 Å². The number of aliphatic hydroxyl groups is 1. The fourth-order valence-corrected chi connectivity index (χ4v) is 2.67. The van der Waals surface area contributed by atoms with Crippen LogP contribution in [0.1, 0.15) is 31.4 Å². The minimum atomic E-state index is -1.81. The highest BCUT2D eigenvalue weighted by Gasteiger charge is 2.37. The number of benzene rings is 1. The molecule has 0 saturated carbocycles. The van der Waals surface area contributed by atoms with E-state index < -0.39 is 17.5 Å². The van der Waals surface area contributed by atoms with Crippen molar-refractivity contribution in [3.8, 4) is 0 Å². The van der Waals surface area contributed by atoms with E-state index in [0.29, 0.717) is 12.8 Å². The fraction of sp³-hybridized carbons (Fsp3) is 0.444. The molecule has 5 heteroatoms. The molecule has 0 saturated heterocycles. The third-order valence-corrected chi connectivity index (χ3v) is 3.85. The minimum Gasteiger partial charge on any atom is -0.463 e. The van der Waals surface area contributed by atoms with Crippen molar-refractivity contribution in [2.24, 2.45) is 0 Å². The van der Waals surface area contributed by atoms with Crippen LogP contribution in [0.2, 0.25) is 0 Å². The van der Waals surface area contributed by atoms with Crippen molar-refractivity contribution < 1.29 is 24.2 Å². The summed E-state index contributed by atoms with van der Waals surface area (Å²) in [5, 5.41) is 10.3. The molecule has 2 rings (SSSR count). The van der Waals surface area contributed by atoms with Gasteiger partial charge in [-0.2, -0.15) is 0 Å². The van der Waals surface area contributed by atoms with E-state index in [-0.39, 0.29) is 24.7 Å². The number of ether oxygens (including phenoxy) is 2. The summed E-state index contributed by atoms with van der Waals surface area (Å²) in [4.78, 5) is 23.8. The molecule has 0 aliphatic heterocycles. The average molecular weight is 318 g/mol. The Bertz CT molecular complexity index is 593. The van der Waals surface area contributed by atoms with Crippen molar-refractivity contribution in [1.29, 1.82) is 0 Å². The summed E-state index contributed by atoms with van der Waals surface area (Å²) < 4.78 is 10.2.